The van der Waals surface area contributed by atoms with E-state index in [1.165, 1.54) is 5.56 Å². The number of hydrogen-bond donors (Lipinski definition) is 1. The van der Waals surface area contributed by atoms with Gasteiger partial charge in [-0.25, -0.2) is 4.98 Å². The summed E-state index contributed by atoms with van der Waals surface area (Å²) in [5, 5.41) is 3.27. The second-order valence-electron chi connectivity index (χ2n) is 5.37. The third-order valence-electron chi connectivity index (χ3n) is 3.38. The Morgan fingerprint density at radius 3 is 2.48 bits per heavy atom. The van der Waals surface area contributed by atoms with Crippen LogP contribution in [-0.2, 0) is 6.54 Å². The van der Waals surface area contributed by atoms with Gasteiger partial charge in [-0.3, -0.25) is 0 Å². The van der Waals surface area contributed by atoms with E-state index in [2.05, 4.69) is 48.2 Å². The minimum Gasteiger partial charge on any atom is -0.424 e. The molecule has 112 valence electrons. The molecule has 0 saturated heterocycles. The van der Waals surface area contributed by atoms with Crippen LogP contribution < -0.4 is 10.1 Å². The van der Waals surface area contributed by atoms with Crippen LogP contribution in [0.5, 0.6) is 11.8 Å². The molecule has 0 aliphatic rings. The van der Waals surface area contributed by atoms with Crippen molar-refractivity contribution in [2.75, 3.05) is 6.54 Å². The van der Waals surface area contributed by atoms with Crippen LogP contribution in [0.4, 0.5) is 0 Å². The molecule has 0 saturated carbocycles. The monoisotopic (exact) mass is 285 g/mol. The Kier molecular flexibility index (Phi) is 5.28. The molecule has 0 atom stereocenters. The summed E-state index contributed by atoms with van der Waals surface area (Å²) in [4.78, 5) is 8.68. The predicted molar refractivity (Wildman–Crippen MR) is 84.8 cm³/mol. The zero-order chi connectivity index (χ0) is 15.2. The lowest BCUT2D eigenvalue weighted by Crippen LogP contribution is -2.13. The van der Waals surface area contributed by atoms with Crippen molar-refractivity contribution < 1.29 is 4.74 Å². The van der Waals surface area contributed by atoms with Crippen LogP contribution in [0.2, 0.25) is 0 Å². The number of ether oxygens (including phenoxy) is 1. The lowest BCUT2D eigenvalue weighted by Gasteiger charge is -2.09. The Bertz CT molecular complexity index is 579. The summed E-state index contributed by atoms with van der Waals surface area (Å²) in [5.74, 6) is 1.28. The fourth-order valence-electron chi connectivity index (χ4n) is 1.98. The molecule has 0 fully saturated rings. The molecule has 1 heterocycles. The van der Waals surface area contributed by atoms with E-state index < -0.39 is 0 Å². The van der Waals surface area contributed by atoms with E-state index in [0.29, 0.717) is 11.9 Å². The smallest absolute Gasteiger partial charge is 0.322 e. The Balaban J connectivity index is 2.07. The molecule has 0 aliphatic carbocycles. The Morgan fingerprint density at radius 2 is 1.90 bits per heavy atom. The van der Waals surface area contributed by atoms with E-state index in [9.17, 15) is 0 Å². The van der Waals surface area contributed by atoms with E-state index in [4.69, 9.17) is 4.74 Å². The molecule has 0 unspecified atom stereocenters. The number of rotatable bonds is 6. The van der Waals surface area contributed by atoms with Crippen molar-refractivity contribution in [1.29, 1.82) is 0 Å². The van der Waals surface area contributed by atoms with Gasteiger partial charge in [0, 0.05) is 24.0 Å². The van der Waals surface area contributed by atoms with Crippen molar-refractivity contribution >= 4 is 0 Å². The van der Waals surface area contributed by atoms with Gasteiger partial charge in [0.1, 0.15) is 5.75 Å². The van der Waals surface area contributed by atoms with Crippen molar-refractivity contribution in [3.05, 3.63) is 47.3 Å². The van der Waals surface area contributed by atoms with Gasteiger partial charge in [-0.1, -0.05) is 32.9 Å². The minimum atomic E-state index is 0.394. The average Bonchev–Trinajstić information content (AvgIpc) is 2.47. The number of hydrogen-bond acceptors (Lipinski definition) is 4. The third-order valence-corrected chi connectivity index (χ3v) is 3.38. The summed E-state index contributed by atoms with van der Waals surface area (Å²) < 4.78 is 5.71. The number of nitrogens with zero attached hydrogens (tertiary/aromatic N) is 2. The van der Waals surface area contributed by atoms with Crippen molar-refractivity contribution in [3.63, 3.8) is 0 Å². The number of nitrogens with one attached hydrogen (secondary N) is 1. The van der Waals surface area contributed by atoms with Crippen molar-refractivity contribution in [3.8, 4) is 11.8 Å². The zero-order valence-corrected chi connectivity index (χ0v) is 13.2. The Hall–Kier alpha value is -1.94. The number of aryl methyl sites for hydroxylation is 1. The molecule has 1 aromatic heterocycles. The first-order valence-electron chi connectivity index (χ1n) is 7.41. The van der Waals surface area contributed by atoms with Gasteiger partial charge in [-0.2, -0.15) is 4.98 Å². The molecule has 1 N–H and O–H groups in total. The highest BCUT2D eigenvalue weighted by Crippen LogP contribution is 2.22. The van der Waals surface area contributed by atoms with Crippen molar-refractivity contribution in [2.45, 2.75) is 40.2 Å². The molecule has 4 heteroatoms. The minimum absolute atomic E-state index is 0.394. The molecule has 0 bridgehead atoms. The normalized spacial score (nSPS) is 10.9. The van der Waals surface area contributed by atoms with Crippen LogP contribution in [0.25, 0.3) is 0 Å². The van der Waals surface area contributed by atoms with Gasteiger partial charge in [0.2, 0.25) is 0 Å². The van der Waals surface area contributed by atoms with E-state index in [-0.39, 0.29) is 0 Å². The van der Waals surface area contributed by atoms with Crippen LogP contribution in [0.15, 0.2) is 30.5 Å². The molecule has 2 aromatic rings. The molecule has 0 amide bonds. The van der Waals surface area contributed by atoms with Gasteiger partial charge in [0.05, 0.1) is 0 Å². The standard InChI is InChI=1S/C17H23N3O/c1-5-18-10-15-11-19-17(20-13(15)4)21-16-8-6-14(7-9-16)12(2)3/h6-9,11-12,18H,5,10H2,1-4H3. The molecular formula is C17H23N3O. The van der Waals surface area contributed by atoms with Gasteiger partial charge in [0.15, 0.2) is 0 Å². The summed E-state index contributed by atoms with van der Waals surface area (Å²) in [6.45, 7) is 10.1. The molecule has 0 aliphatic heterocycles. The van der Waals surface area contributed by atoms with Gasteiger partial charge >= 0.3 is 6.01 Å². The fourth-order valence-corrected chi connectivity index (χ4v) is 1.98. The van der Waals surface area contributed by atoms with Gasteiger partial charge in [-0.05, 0) is 37.1 Å². The maximum Gasteiger partial charge on any atom is 0.322 e. The van der Waals surface area contributed by atoms with Crippen LogP contribution in [0.3, 0.4) is 0 Å². The Labute approximate surface area is 126 Å². The SMILES string of the molecule is CCNCc1cnc(Oc2ccc(C(C)C)cc2)nc1C. The molecule has 2 rings (SSSR count). The molecule has 1 aromatic carbocycles. The highest BCUT2D eigenvalue weighted by atomic mass is 16.5. The molecule has 0 spiro atoms. The van der Waals surface area contributed by atoms with Gasteiger partial charge in [0.25, 0.3) is 0 Å². The molecule has 0 radical (unpaired) electrons. The highest BCUT2D eigenvalue weighted by Gasteiger charge is 2.06. The van der Waals surface area contributed by atoms with E-state index >= 15 is 0 Å². The molecule has 21 heavy (non-hydrogen) atoms. The van der Waals surface area contributed by atoms with E-state index in [1.807, 2.05) is 25.3 Å². The lowest BCUT2D eigenvalue weighted by atomic mass is 10.0. The highest BCUT2D eigenvalue weighted by molar-refractivity contribution is 5.31. The summed E-state index contributed by atoms with van der Waals surface area (Å²) in [6.07, 6.45) is 1.82. The summed E-state index contributed by atoms with van der Waals surface area (Å²) in [7, 11) is 0. The number of aromatic nitrogens is 2. The van der Waals surface area contributed by atoms with Crippen LogP contribution in [0, 0.1) is 6.92 Å². The largest absolute Gasteiger partial charge is 0.424 e. The second kappa shape index (κ2) is 7.18. The lowest BCUT2D eigenvalue weighted by molar-refractivity contribution is 0.439. The zero-order valence-electron chi connectivity index (χ0n) is 13.2. The van der Waals surface area contributed by atoms with Crippen molar-refractivity contribution in [1.82, 2.24) is 15.3 Å². The van der Waals surface area contributed by atoms with Crippen molar-refractivity contribution in [2.24, 2.45) is 0 Å². The summed E-state index contributed by atoms with van der Waals surface area (Å²) >= 11 is 0. The fraction of sp³-hybridized carbons (Fsp3) is 0.412. The van der Waals surface area contributed by atoms with Gasteiger partial charge in [-0.15, -0.1) is 0 Å². The topological polar surface area (TPSA) is 47.0 Å². The van der Waals surface area contributed by atoms with Gasteiger partial charge < -0.3 is 10.1 Å². The number of benzene rings is 1. The first kappa shape index (κ1) is 15.4. The van der Waals surface area contributed by atoms with Crippen LogP contribution in [0.1, 0.15) is 43.5 Å². The Morgan fingerprint density at radius 1 is 1.19 bits per heavy atom. The predicted octanol–water partition coefficient (Wildman–Crippen LogP) is 3.81. The van der Waals surface area contributed by atoms with Crippen LogP contribution >= 0.6 is 0 Å². The maximum atomic E-state index is 5.71. The van der Waals surface area contributed by atoms with E-state index in [0.717, 1.165) is 30.1 Å². The first-order valence-corrected chi connectivity index (χ1v) is 7.41. The third kappa shape index (κ3) is 4.26. The second-order valence-corrected chi connectivity index (χ2v) is 5.37. The first-order chi connectivity index (χ1) is 10.1. The maximum absolute atomic E-state index is 5.71. The summed E-state index contributed by atoms with van der Waals surface area (Å²) in [5.41, 5.74) is 3.33. The summed E-state index contributed by atoms with van der Waals surface area (Å²) in [6, 6.07) is 8.46. The average molecular weight is 285 g/mol. The molecular weight excluding hydrogens is 262 g/mol. The quantitative estimate of drug-likeness (QED) is 0.876. The van der Waals surface area contributed by atoms with Crippen LogP contribution in [-0.4, -0.2) is 16.5 Å². The van der Waals surface area contributed by atoms with E-state index in [1.54, 1.807) is 0 Å². The molecule has 4 nitrogen and oxygen atoms in total.